The molecule has 2 heteroatoms. The van der Waals surface area contributed by atoms with Crippen molar-refractivity contribution >= 4 is 5.78 Å². The van der Waals surface area contributed by atoms with Crippen molar-refractivity contribution in [3.8, 4) is 0 Å². The lowest BCUT2D eigenvalue weighted by Crippen LogP contribution is -2.54. The summed E-state index contributed by atoms with van der Waals surface area (Å²) in [5, 5.41) is 0. The molecule has 1 aromatic rings. The van der Waals surface area contributed by atoms with Crippen molar-refractivity contribution in [3.05, 3.63) is 34.9 Å². The van der Waals surface area contributed by atoms with Crippen LogP contribution >= 0.6 is 0 Å². The molecule has 0 spiro atoms. The Morgan fingerprint density at radius 2 is 1.55 bits per heavy atom. The standard InChI is InChI=1S/C20H34NO/c1-8-21(12-15(2)3,13-16(4)5)14-20(22)19-10-9-17(6)18(7)11-19/h9-11,15-16H,8,12-14H2,1-7H3/q+1. The van der Waals surface area contributed by atoms with Gasteiger partial charge in [0.1, 0.15) is 6.54 Å². The Bertz CT molecular complexity index is 492. The van der Waals surface area contributed by atoms with E-state index in [4.69, 9.17) is 0 Å². The summed E-state index contributed by atoms with van der Waals surface area (Å²) in [7, 11) is 0. The Morgan fingerprint density at radius 1 is 1.00 bits per heavy atom. The Morgan fingerprint density at radius 3 is 1.95 bits per heavy atom. The molecule has 1 rings (SSSR count). The second kappa shape index (κ2) is 7.92. The van der Waals surface area contributed by atoms with Crippen LogP contribution in [0.4, 0.5) is 0 Å². The van der Waals surface area contributed by atoms with Crippen molar-refractivity contribution in [2.24, 2.45) is 11.8 Å². The molecule has 0 aliphatic heterocycles. The number of ketones is 1. The number of nitrogens with zero attached hydrogens (tertiary/aromatic N) is 1. The lowest BCUT2D eigenvalue weighted by molar-refractivity contribution is -0.924. The number of Topliss-reactive ketones (excluding diaryl/α,β-unsaturated/α-hetero) is 1. The highest BCUT2D eigenvalue weighted by Gasteiger charge is 2.31. The van der Waals surface area contributed by atoms with Crippen molar-refractivity contribution in [2.75, 3.05) is 26.2 Å². The average Bonchev–Trinajstić information content (AvgIpc) is 2.40. The molecular formula is C20H34NO+. The molecule has 22 heavy (non-hydrogen) atoms. The molecule has 0 N–H and O–H groups in total. The number of carbonyl (C=O) groups excluding carboxylic acids is 1. The Labute approximate surface area is 137 Å². The predicted octanol–water partition coefficient (Wildman–Crippen LogP) is 4.63. The number of likely N-dealkylation sites (N-methyl/N-ethyl adjacent to an activating group) is 1. The Balaban J connectivity index is 3.00. The summed E-state index contributed by atoms with van der Waals surface area (Å²) in [6.07, 6.45) is 0. The van der Waals surface area contributed by atoms with Crippen LogP contribution in [0.1, 0.15) is 56.1 Å². The second-order valence-electron chi connectivity index (χ2n) is 7.69. The van der Waals surface area contributed by atoms with Gasteiger partial charge in [0.15, 0.2) is 0 Å². The molecule has 0 saturated carbocycles. The minimum absolute atomic E-state index is 0.284. The predicted molar refractivity (Wildman–Crippen MR) is 95.3 cm³/mol. The lowest BCUT2D eigenvalue weighted by atomic mass is 10.0. The summed E-state index contributed by atoms with van der Waals surface area (Å²) in [6.45, 7) is 19.2. The van der Waals surface area contributed by atoms with Gasteiger partial charge in [-0.05, 0) is 38.0 Å². The first-order valence-corrected chi connectivity index (χ1v) is 8.64. The molecular weight excluding hydrogens is 270 g/mol. The van der Waals surface area contributed by atoms with Crippen LogP contribution in [0.3, 0.4) is 0 Å². The van der Waals surface area contributed by atoms with Crippen LogP contribution in [-0.2, 0) is 0 Å². The molecule has 0 saturated heterocycles. The number of hydrogen-bond acceptors (Lipinski definition) is 1. The van der Waals surface area contributed by atoms with Gasteiger partial charge in [0, 0.05) is 17.4 Å². The molecule has 0 aromatic heterocycles. The zero-order chi connectivity index (χ0) is 16.9. The van der Waals surface area contributed by atoms with E-state index in [0.717, 1.165) is 29.7 Å². The first kappa shape index (κ1) is 18.9. The van der Waals surface area contributed by atoms with Gasteiger partial charge in [0.2, 0.25) is 5.78 Å². The molecule has 0 fully saturated rings. The van der Waals surface area contributed by atoms with Gasteiger partial charge in [0.25, 0.3) is 0 Å². The molecule has 0 unspecified atom stereocenters. The van der Waals surface area contributed by atoms with Crippen LogP contribution < -0.4 is 0 Å². The van der Waals surface area contributed by atoms with Gasteiger partial charge in [0.05, 0.1) is 19.6 Å². The summed E-state index contributed by atoms with van der Waals surface area (Å²) < 4.78 is 0.904. The van der Waals surface area contributed by atoms with E-state index in [0.29, 0.717) is 18.4 Å². The van der Waals surface area contributed by atoms with Gasteiger partial charge in [-0.2, -0.15) is 0 Å². The fourth-order valence-corrected chi connectivity index (χ4v) is 3.43. The maximum atomic E-state index is 12.8. The van der Waals surface area contributed by atoms with Crippen molar-refractivity contribution < 1.29 is 9.28 Å². The zero-order valence-electron chi connectivity index (χ0n) is 15.6. The molecule has 0 atom stereocenters. The highest BCUT2D eigenvalue weighted by atomic mass is 16.1. The zero-order valence-corrected chi connectivity index (χ0v) is 15.6. The smallest absolute Gasteiger partial charge is 0.216 e. The van der Waals surface area contributed by atoms with E-state index in [9.17, 15) is 4.79 Å². The molecule has 0 aliphatic carbocycles. The van der Waals surface area contributed by atoms with E-state index in [1.54, 1.807) is 0 Å². The minimum atomic E-state index is 0.284. The quantitative estimate of drug-likeness (QED) is 0.505. The van der Waals surface area contributed by atoms with Crippen molar-refractivity contribution in [3.63, 3.8) is 0 Å². The van der Waals surface area contributed by atoms with Crippen molar-refractivity contribution in [1.82, 2.24) is 0 Å². The van der Waals surface area contributed by atoms with Gasteiger partial charge in [-0.25, -0.2) is 0 Å². The van der Waals surface area contributed by atoms with Crippen LogP contribution in [0.25, 0.3) is 0 Å². The Kier molecular flexibility index (Phi) is 6.80. The molecule has 0 heterocycles. The van der Waals surface area contributed by atoms with Gasteiger partial charge in [-0.1, -0.05) is 39.8 Å². The SMILES string of the molecule is CC[N+](CC(=O)c1ccc(C)c(C)c1)(CC(C)C)CC(C)C. The number of benzene rings is 1. The number of aryl methyl sites for hydroxylation is 2. The maximum absolute atomic E-state index is 12.8. The fraction of sp³-hybridized carbons (Fsp3) is 0.650. The molecule has 0 aliphatic rings. The third kappa shape index (κ3) is 5.24. The maximum Gasteiger partial charge on any atom is 0.216 e. The van der Waals surface area contributed by atoms with E-state index < -0.39 is 0 Å². The third-order valence-electron chi connectivity index (χ3n) is 4.48. The second-order valence-corrected chi connectivity index (χ2v) is 7.69. The number of quaternary nitrogens is 1. The van der Waals surface area contributed by atoms with Crippen molar-refractivity contribution in [1.29, 1.82) is 0 Å². The third-order valence-corrected chi connectivity index (χ3v) is 4.48. The molecule has 0 radical (unpaired) electrons. The van der Waals surface area contributed by atoms with Gasteiger partial charge in [-0.3, -0.25) is 4.79 Å². The first-order valence-electron chi connectivity index (χ1n) is 8.64. The molecule has 2 nitrogen and oxygen atoms in total. The van der Waals surface area contributed by atoms with E-state index in [1.807, 2.05) is 12.1 Å². The van der Waals surface area contributed by atoms with Gasteiger partial charge < -0.3 is 4.48 Å². The largest absolute Gasteiger partial charge is 0.317 e. The average molecular weight is 304 g/mol. The van der Waals surface area contributed by atoms with E-state index in [2.05, 4.69) is 54.5 Å². The first-order chi connectivity index (χ1) is 10.2. The molecule has 124 valence electrons. The highest BCUT2D eigenvalue weighted by Crippen LogP contribution is 2.18. The normalized spacial score (nSPS) is 12.2. The van der Waals surface area contributed by atoms with Gasteiger partial charge >= 0.3 is 0 Å². The molecule has 1 aromatic carbocycles. The summed E-state index contributed by atoms with van der Waals surface area (Å²) >= 11 is 0. The van der Waals surface area contributed by atoms with E-state index >= 15 is 0 Å². The number of hydrogen-bond donors (Lipinski definition) is 0. The van der Waals surface area contributed by atoms with Crippen LogP contribution in [0.5, 0.6) is 0 Å². The summed E-state index contributed by atoms with van der Waals surface area (Å²) in [4.78, 5) is 12.8. The van der Waals surface area contributed by atoms with Gasteiger partial charge in [-0.15, -0.1) is 0 Å². The topological polar surface area (TPSA) is 17.1 Å². The van der Waals surface area contributed by atoms with Crippen LogP contribution in [0.15, 0.2) is 18.2 Å². The Hall–Kier alpha value is -1.15. The van der Waals surface area contributed by atoms with Crippen LogP contribution in [0, 0.1) is 25.7 Å². The molecule has 0 bridgehead atoms. The van der Waals surface area contributed by atoms with Crippen LogP contribution in [0.2, 0.25) is 0 Å². The highest BCUT2D eigenvalue weighted by molar-refractivity contribution is 5.97. The summed E-state index contributed by atoms with van der Waals surface area (Å²) in [5.74, 6) is 1.49. The number of carbonyl (C=O) groups is 1. The van der Waals surface area contributed by atoms with Crippen molar-refractivity contribution in [2.45, 2.75) is 48.5 Å². The summed E-state index contributed by atoms with van der Waals surface area (Å²) in [6, 6.07) is 6.10. The van der Waals surface area contributed by atoms with E-state index in [-0.39, 0.29) is 5.78 Å². The monoisotopic (exact) mass is 304 g/mol. The lowest BCUT2D eigenvalue weighted by Gasteiger charge is -2.40. The summed E-state index contributed by atoms with van der Waals surface area (Å²) in [5.41, 5.74) is 3.32. The van der Waals surface area contributed by atoms with Crippen LogP contribution in [-0.4, -0.2) is 36.4 Å². The van der Waals surface area contributed by atoms with E-state index in [1.165, 1.54) is 11.1 Å². The molecule has 0 amide bonds. The number of rotatable bonds is 8. The minimum Gasteiger partial charge on any atom is -0.317 e. The fourth-order valence-electron chi connectivity index (χ4n) is 3.43.